The predicted molar refractivity (Wildman–Crippen MR) is 75.7 cm³/mol. The molecular formula is C15H28N2O2. The van der Waals surface area contributed by atoms with Crippen molar-refractivity contribution >= 4 is 5.91 Å². The maximum absolute atomic E-state index is 12.4. The number of rotatable bonds is 3. The van der Waals surface area contributed by atoms with Crippen LogP contribution in [0, 0.1) is 5.41 Å². The molecule has 3 N–H and O–H groups in total. The second kappa shape index (κ2) is 4.74. The van der Waals surface area contributed by atoms with Gasteiger partial charge in [0, 0.05) is 18.6 Å². The molecule has 0 radical (unpaired) electrons. The lowest BCUT2D eigenvalue weighted by atomic mass is 9.55. The molecule has 2 fully saturated rings. The van der Waals surface area contributed by atoms with Gasteiger partial charge in [-0.25, -0.2) is 0 Å². The molecule has 2 atom stereocenters. The van der Waals surface area contributed by atoms with Gasteiger partial charge in [0.25, 0.3) is 0 Å². The molecular weight excluding hydrogens is 240 g/mol. The maximum Gasteiger partial charge on any atom is 0.240 e. The highest BCUT2D eigenvalue weighted by Gasteiger charge is 2.58. The van der Waals surface area contributed by atoms with Gasteiger partial charge >= 0.3 is 0 Å². The minimum atomic E-state index is -0.645. The highest BCUT2D eigenvalue weighted by Crippen LogP contribution is 2.51. The summed E-state index contributed by atoms with van der Waals surface area (Å²) in [5, 5.41) is 3.16. The number of hydrogen-bond acceptors (Lipinski definition) is 3. The molecule has 0 heterocycles. The zero-order chi connectivity index (χ0) is 14.3. The summed E-state index contributed by atoms with van der Waals surface area (Å²) >= 11 is 0. The first-order valence-corrected chi connectivity index (χ1v) is 7.40. The zero-order valence-corrected chi connectivity index (χ0v) is 12.7. The van der Waals surface area contributed by atoms with Crippen molar-refractivity contribution in [1.82, 2.24) is 5.32 Å². The van der Waals surface area contributed by atoms with Crippen LogP contribution in [0.25, 0.3) is 0 Å². The molecule has 2 saturated carbocycles. The van der Waals surface area contributed by atoms with E-state index >= 15 is 0 Å². The van der Waals surface area contributed by atoms with E-state index in [1.54, 1.807) is 7.11 Å². The molecule has 19 heavy (non-hydrogen) atoms. The Morgan fingerprint density at radius 2 is 1.79 bits per heavy atom. The Morgan fingerprint density at radius 1 is 1.21 bits per heavy atom. The molecule has 0 spiro atoms. The number of nitrogens with one attached hydrogen (secondary N) is 1. The molecule has 2 rings (SSSR count). The van der Waals surface area contributed by atoms with Crippen LogP contribution in [0.5, 0.6) is 0 Å². The third kappa shape index (κ3) is 2.29. The van der Waals surface area contributed by atoms with Crippen molar-refractivity contribution < 1.29 is 9.53 Å². The summed E-state index contributed by atoms with van der Waals surface area (Å²) in [5.41, 5.74) is 5.42. The molecule has 0 aromatic rings. The third-order valence-corrected chi connectivity index (χ3v) is 5.78. The minimum Gasteiger partial charge on any atom is -0.378 e. The lowest BCUT2D eigenvalue weighted by Gasteiger charge is -2.59. The normalized spacial score (nSPS) is 36.4. The van der Waals surface area contributed by atoms with E-state index in [0.717, 1.165) is 32.1 Å². The highest BCUT2D eigenvalue weighted by atomic mass is 16.5. The van der Waals surface area contributed by atoms with E-state index in [1.807, 2.05) is 0 Å². The zero-order valence-electron chi connectivity index (χ0n) is 12.7. The van der Waals surface area contributed by atoms with Crippen molar-refractivity contribution in [3.8, 4) is 0 Å². The Labute approximate surface area is 116 Å². The summed E-state index contributed by atoms with van der Waals surface area (Å²) in [6.45, 7) is 6.40. The number of ether oxygens (including phenoxy) is 1. The Kier molecular flexibility index (Phi) is 3.69. The number of hydrogen-bond donors (Lipinski definition) is 2. The van der Waals surface area contributed by atoms with Crippen molar-refractivity contribution in [2.75, 3.05) is 7.11 Å². The van der Waals surface area contributed by atoms with Gasteiger partial charge in [-0.05, 0) is 26.2 Å². The summed E-state index contributed by atoms with van der Waals surface area (Å²) in [6, 6.07) is 0.160. The molecule has 4 heteroatoms. The van der Waals surface area contributed by atoms with Crippen LogP contribution in [0.4, 0.5) is 0 Å². The second-order valence-electron chi connectivity index (χ2n) is 7.10. The van der Waals surface area contributed by atoms with Gasteiger partial charge in [-0.3, -0.25) is 4.79 Å². The van der Waals surface area contributed by atoms with Gasteiger partial charge in [0.15, 0.2) is 0 Å². The van der Waals surface area contributed by atoms with Crippen LogP contribution >= 0.6 is 0 Å². The fourth-order valence-electron chi connectivity index (χ4n) is 3.43. The van der Waals surface area contributed by atoms with Crippen LogP contribution in [0.2, 0.25) is 0 Å². The summed E-state index contributed by atoms with van der Waals surface area (Å²) in [7, 11) is 1.74. The first-order chi connectivity index (χ1) is 8.75. The molecule has 0 aliphatic heterocycles. The Morgan fingerprint density at radius 3 is 2.26 bits per heavy atom. The van der Waals surface area contributed by atoms with Crippen LogP contribution in [-0.2, 0) is 9.53 Å². The van der Waals surface area contributed by atoms with Crippen molar-refractivity contribution in [1.29, 1.82) is 0 Å². The fraction of sp³-hybridized carbons (Fsp3) is 0.933. The van der Waals surface area contributed by atoms with Crippen molar-refractivity contribution in [3.05, 3.63) is 0 Å². The number of carbonyl (C=O) groups excluding carboxylic acids is 1. The molecule has 1 amide bonds. The molecule has 0 aromatic heterocycles. The molecule has 110 valence electrons. The van der Waals surface area contributed by atoms with Crippen molar-refractivity contribution in [2.45, 2.75) is 76.5 Å². The van der Waals surface area contributed by atoms with Gasteiger partial charge in [0.05, 0.1) is 11.1 Å². The lowest BCUT2D eigenvalue weighted by molar-refractivity contribution is -0.183. The van der Waals surface area contributed by atoms with Crippen molar-refractivity contribution in [2.24, 2.45) is 11.1 Å². The first-order valence-electron chi connectivity index (χ1n) is 7.40. The van der Waals surface area contributed by atoms with Gasteiger partial charge in [-0.1, -0.05) is 33.1 Å². The largest absolute Gasteiger partial charge is 0.378 e. The molecule has 0 aromatic carbocycles. The van der Waals surface area contributed by atoms with Gasteiger partial charge in [0.1, 0.15) is 0 Å². The summed E-state index contributed by atoms with van der Waals surface area (Å²) in [6.07, 6.45) is 5.81. The molecule has 4 nitrogen and oxygen atoms in total. The average Bonchev–Trinajstić information content (AvgIpc) is 2.38. The summed E-state index contributed by atoms with van der Waals surface area (Å²) in [4.78, 5) is 12.4. The number of amides is 1. The fourth-order valence-corrected chi connectivity index (χ4v) is 3.43. The van der Waals surface area contributed by atoms with E-state index in [2.05, 4.69) is 26.1 Å². The van der Waals surface area contributed by atoms with E-state index in [9.17, 15) is 4.79 Å². The summed E-state index contributed by atoms with van der Waals surface area (Å²) < 4.78 is 5.59. The standard InChI is InChI=1S/C15H28N2O2/c1-13(2)11(10-14(13,3)19-4)17-12(18)15(16)8-6-5-7-9-15/h11H,5-10,16H2,1-4H3,(H,17,18). The monoisotopic (exact) mass is 268 g/mol. The van der Waals surface area contributed by atoms with Crippen LogP contribution in [-0.4, -0.2) is 30.2 Å². The number of carbonyl (C=O) groups is 1. The van der Waals surface area contributed by atoms with E-state index in [-0.39, 0.29) is 23.0 Å². The molecule has 0 bridgehead atoms. The van der Waals surface area contributed by atoms with Gasteiger partial charge in [0.2, 0.25) is 5.91 Å². The van der Waals surface area contributed by atoms with Crippen LogP contribution in [0.1, 0.15) is 59.3 Å². The third-order valence-electron chi connectivity index (χ3n) is 5.78. The molecule has 2 unspecified atom stereocenters. The van der Waals surface area contributed by atoms with E-state index in [1.165, 1.54) is 6.42 Å². The van der Waals surface area contributed by atoms with E-state index in [4.69, 9.17) is 10.5 Å². The highest BCUT2D eigenvalue weighted by molar-refractivity contribution is 5.86. The van der Waals surface area contributed by atoms with Gasteiger partial charge in [-0.15, -0.1) is 0 Å². The summed E-state index contributed by atoms with van der Waals surface area (Å²) in [5.74, 6) is 0.0310. The average molecular weight is 268 g/mol. The smallest absolute Gasteiger partial charge is 0.240 e. The Hall–Kier alpha value is -0.610. The van der Waals surface area contributed by atoms with E-state index in [0.29, 0.717) is 0 Å². The molecule has 2 aliphatic carbocycles. The topological polar surface area (TPSA) is 64.3 Å². The van der Waals surface area contributed by atoms with Crippen LogP contribution < -0.4 is 11.1 Å². The van der Waals surface area contributed by atoms with Crippen molar-refractivity contribution in [3.63, 3.8) is 0 Å². The lowest BCUT2D eigenvalue weighted by Crippen LogP contribution is -2.71. The van der Waals surface area contributed by atoms with Crippen LogP contribution in [0.15, 0.2) is 0 Å². The van der Waals surface area contributed by atoms with E-state index < -0.39 is 5.54 Å². The quantitative estimate of drug-likeness (QED) is 0.822. The minimum absolute atomic E-state index is 0.0310. The Balaban J connectivity index is 1.98. The maximum atomic E-state index is 12.4. The number of methoxy groups -OCH3 is 1. The SMILES string of the molecule is COC1(C)CC(NC(=O)C2(N)CCCCC2)C1(C)C. The predicted octanol–water partition coefficient (Wildman–Crippen LogP) is 1.97. The first kappa shape index (κ1) is 14.8. The molecule has 2 aliphatic rings. The number of nitrogens with two attached hydrogens (primary N) is 1. The van der Waals surface area contributed by atoms with Gasteiger partial charge < -0.3 is 15.8 Å². The van der Waals surface area contributed by atoms with Crippen LogP contribution in [0.3, 0.4) is 0 Å². The van der Waals surface area contributed by atoms with Gasteiger partial charge in [-0.2, -0.15) is 0 Å². The molecule has 0 saturated heterocycles. The second-order valence-corrected chi connectivity index (χ2v) is 7.10. The Bertz CT molecular complexity index is 361.